The first-order valence-corrected chi connectivity index (χ1v) is 7.80. The van der Waals surface area contributed by atoms with E-state index in [2.05, 4.69) is 5.10 Å². The second-order valence-corrected chi connectivity index (χ2v) is 5.88. The van der Waals surface area contributed by atoms with Gasteiger partial charge in [0.2, 0.25) is 0 Å². The van der Waals surface area contributed by atoms with Gasteiger partial charge < -0.3 is 9.84 Å². The summed E-state index contributed by atoms with van der Waals surface area (Å²) in [6, 6.07) is 15.6. The Balaban J connectivity index is 2.04. The summed E-state index contributed by atoms with van der Waals surface area (Å²) in [4.78, 5) is 24.8. The van der Waals surface area contributed by atoms with Gasteiger partial charge in [-0.3, -0.25) is 4.79 Å². The lowest BCUT2D eigenvalue weighted by molar-refractivity contribution is -0.133. The van der Waals surface area contributed by atoms with Gasteiger partial charge in [0.1, 0.15) is 0 Å². The number of aliphatic hydroxyl groups is 1. The van der Waals surface area contributed by atoms with Crippen molar-refractivity contribution in [2.24, 2.45) is 5.10 Å². The molecule has 1 amide bonds. The number of hydrogen-bond donors (Lipinski definition) is 1. The van der Waals surface area contributed by atoms with Crippen LogP contribution in [0.5, 0.6) is 0 Å². The van der Waals surface area contributed by atoms with Gasteiger partial charge in [-0.25, -0.2) is 4.79 Å². The molecule has 0 saturated carbocycles. The van der Waals surface area contributed by atoms with Crippen molar-refractivity contribution < 1.29 is 19.4 Å². The molecule has 1 unspecified atom stereocenters. The van der Waals surface area contributed by atoms with E-state index in [9.17, 15) is 14.7 Å². The van der Waals surface area contributed by atoms with Crippen LogP contribution in [0.15, 0.2) is 59.7 Å². The largest absolute Gasteiger partial charge is 0.464 e. The monoisotopic (exact) mass is 338 g/mol. The lowest BCUT2D eigenvalue weighted by Gasteiger charge is -2.31. The zero-order chi connectivity index (χ0) is 18.0. The van der Waals surface area contributed by atoms with Crippen LogP contribution in [-0.4, -0.2) is 34.8 Å². The number of amides is 1. The maximum Gasteiger partial charge on any atom is 0.354 e. The number of methoxy groups -OCH3 is 1. The van der Waals surface area contributed by atoms with Gasteiger partial charge in [0.15, 0.2) is 11.4 Å². The van der Waals surface area contributed by atoms with Crippen LogP contribution in [-0.2, 0) is 15.3 Å². The normalized spacial score (nSPS) is 19.5. The van der Waals surface area contributed by atoms with Crippen molar-refractivity contribution in [3.8, 4) is 0 Å². The van der Waals surface area contributed by atoms with E-state index in [1.54, 1.807) is 54.6 Å². The minimum atomic E-state index is -1.74. The van der Waals surface area contributed by atoms with Crippen LogP contribution in [0, 0.1) is 6.92 Å². The Labute approximate surface area is 145 Å². The van der Waals surface area contributed by atoms with Crippen molar-refractivity contribution in [2.75, 3.05) is 7.11 Å². The first-order valence-electron chi connectivity index (χ1n) is 7.80. The van der Waals surface area contributed by atoms with E-state index in [1.165, 1.54) is 7.11 Å². The van der Waals surface area contributed by atoms with Crippen LogP contribution in [0.25, 0.3) is 0 Å². The fourth-order valence-corrected chi connectivity index (χ4v) is 2.74. The van der Waals surface area contributed by atoms with Gasteiger partial charge in [-0.1, -0.05) is 48.0 Å². The molecule has 0 spiro atoms. The Bertz CT molecular complexity index is 830. The second kappa shape index (κ2) is 6.49. The molecule has 6 heteroatoms. The molecular weight excluding hydrogens is 320 g/mol. The molecule has 128 valence electrons. The van der Waals surface area contributed by atoms with Gasteiger partial charge >= 0.3 is 5.97 Å². The molecular formula is C19H18N2O4. The zero-order valence-corrected chi connectivity index (χ0v) is 14.0. The molecule has 25 heavy (non-hydrogen) atoms. The van der Waals surface area contributed by atoms with Crippen molar-refractivity contribution in [3.63, 3.8) is 0 Å². The van der Waals surface area contributed by atoms with E-state index >= 15 is 0 Å². The topological polar surface area (TPSA) is 79.2 Å². The third-order valence-corrected chi connectivity index (χ3v) is 4.13. The third kappa shape index (κ3) is 3.04. The molecule has 0 aromatic heterocycles. The Morgan fingerprint density at radius 2 is 1.76 bits per heavy atom. The van der Waals surface area contributed by atoms with Crippen LogP contribution in [0.2, 0.25) is 0 Å². The predicted molar refractivity (Wildman–Crippen MR) is 91.8 cm³/mol. The average Bonchev–Trinajstić information content (AvgIpc) is 3.01. The third-order valence-electron chi connectivity index (χ3n) is 4.13. The summed E-state index contributed by atoms with van der Waals surface area (Å²) in [5, 5.41) is 16.2. The lowest BCUT2D eigenvalue weighted by Crippen LogP contribution is -2.43. The molecule has 1 heterocycles. The highest BCUT2D eigenvalue weighted by Crippen LogP contribution is 2.36. The van der Waals surface area contributed by atoms with Crippen molar-refractivity contribution in [1.29, 1.82) is 0 Å². The molecule has 1 N–H and O–H groups in total. The zero-order valence-electron chi connectivity index (χ0n) is 14.0. The number of benzene rings is 2. The summed E-state index contributed by atoms with van der Waals surface area (Å²) in [5.41, 5.74) is 0.101. The van der Waals surface area contributed by atoms with Crippen molar-refractivity contribution >= 4 is 17.6 Å². The lowest BCUT2D eigenvalue weighted by atomic mass is 9.96. The van der Waals surface area contributed by atoms with Gasteiger partial charge in [0.25, 0.3) is 5.91 Å². The molecule has 2 aromatic rings. The van der Waals surface area contributed by atoms with Crippen LogP contribution in [0.4, 0.5) is 0 Å². The molecule has 3 rings (SSSR count). The van der Waals surface area contributed by atoms with Gasteiger partial charge in [0, 0.05) is 11.1 Å². The molecule has 0 saturated heterocycles. The number of hydrogen-bond acceptors (Lipinski definition) is 5. The number of carbonyl (C=O) groups is 2. The SMILES string of the molecule is COC(=O)C1=NN(C(=O)c2ccc(C)cc2)C(O)(c2ccccc2)C1. The smallest absolute Gasteiger partial charge is 0.354 e. The van der Waals surface area contributed by atoms with Crippen LogP contribution in [0.1, 0.15) is 27.9 Å². The number of esters is 1. The fourth-order valence-electron chi connectivity index (χ4n) is 2.74. The van der Waals surface area contributed by atoms with Gasteiger partial charge in [-0.15, -0.1) is 0 Å². The Morgan fingerprint density at radius 3 is 2.36 bits per heavy atom. The summed E-state index contributed by atoms with van der Waals surface area (Å²) in [6.07, 6.45) is -0.138. The van der Waals surface area contributed by atoms with E-state index in [1.807, 2.05) is 6.92 Å². The minimum Gasteiger partial charge on any atom is -0.464 e. The summed E-state index contributed by atoms with van der Waals surface area (Å²) in [6.45, 7) is 1.91. The molecule has 0 bridgehead atoms. The Hall–Kier alpha value is -2.99. The molecule has 2 aromatic carbocycles. The molecule has 0 aliphatic carbocycles. The second-order valence-electron chi connectivity index (χ2n) is 5.88. The van der Waals surface area contributed by atoms with E-state index in [0.29, 0.717) is 11.1 Å². The van der Waals surface area contributed by atoms with Crippen molar-refractivity contribution in [1.82, 2.24) is 5.01 Å². The highest BCUT2D eigenvalue weighted by Gasteiger charge is 2.48. The summed E-state index contributed by atoms with van der Waals surface area (Å²) in [5.74, 6) is -1.17. The Morgan fingerprint density at radius 1 is 1.12 bits per heavy atom. The predicted octanol–water partition coefficient (Wildman–Crippen LogP) is 2.22. The highest BCUT2D eigenvalue weighted by molar-refractivity contribution is 6.37. The molecule has 6 nitrogen and oxygen atoms in total. The molecule has 1 atom stereocenters. The number of rotatable bonds is 3. The summed E-state index contributed by atoms with van der Waals surface area (Å²) in [7, 11) is 1.23. The molecule has 0 radical (unpaired) electrons. The van der Waals surface area contributed by atoms with E-state index in [0.717, 1.165) is 10.6 Å². The van der Waals surface area contributed by atoms with E-state index in [-0.39, 0.29) is 12.1 Å². The molecule has 1 aliphatic heterocycles. The Kier molecular flexibility index (Phi) is 4.37. The number of nitrogens with zero attached hydrogens (tertiary/aromatic N) is 2. The quantitative estimate of drug-likeness (QED) is 0.870. The van der Waals surface area contributed by atoms with Crippen LogP contribution < -0.4 is 0 Å². The van der Waals surface area contributed by atoms with Crippen LogP contribution >= 0.6 is 0 Å². The fraction of sp³-hybridized carbons (Fsp3) is 0.211. The first kappa shape index (κ1) is 16.9. The summed E-state index contributed by atoms with van der Waals surface area (Å²) < 4.78 is 4.69. The minimum absolute atomic E-state index is 0.00526. The summed E-state index contributed by atoms with van der Waals surface area (Å²) >= 11 is 0. The van der Waals surface area contributed by atoms with E-state index in [4.69, 9.17) is 4.74 Å². The van der Waals surface area contributed by atoms with Gasteiger partial charge in [-0.2, -0.15) is 10.1 Å². The van der Waals surface area contributed by atoms with Gasteiger partial charge in [0.05, 0.1) is 13.5 Å². The first-order chi connectivity index (χ1) is 12.0. The number of carbonyl (C=O) groups excluding carboxylic acids is 2. The maximum absolute atomic E-state index is 12.9. The number of ether oxygens (including phenoxy) is 1. The van der Waals surface area contributed by atoms with Crippen LogP contribution in [0.3, 0.4) is 0 Å². The number of aryl methyl sites for hydroxylation is 1. The van der Waals surface area contributed by atoms with Crippen molar-refractivity contribution in [2.45, 2.75) is 19.1 Å². The molecule has 1 aliphatic rings. The van der Waals surface area contributed by atoms with E-state index < -0.39 is 17.6 Å². The standard InChI is InChI=1S/C19H18N2O4/c1-13-8-10-14(11-9-13)17(22)21-19(24,15-6-4-3-5-7-15)12-16(20-21)18(23)25-2/h3-11,24H,12H2,1-2H3. The highest BCUT2D eigenvalue weighted by atomic mass is 16.5. The van der Waals surface area contributed by atoms with Gasteiger partial charge in [-0.05, 0) is 19.1 Å². The van der Waals surface area contributed by atoms with Crippen molar-refractivity contribution in [3.05, 3.63) is 71.3 Å². The molecule has 0 fully saturated rings. The maximum atomic E-state index is 12.9. The number of hydrazone groups is 1. The average molecular weight is 338 g/mol.